The van der Waals surface area contributed by atoms with Gasteiger partial charge >= 0.3 is 0 Å². The van der Waals surface area contributed by atoms with Gasteiger partial charge in [0, 0.05) is 11.6 Å². The van der Waals surface area contributed by atoms with Crippen LogP contribution in [0.5, 0.6) is 0 Å². The molecule has 0 bridgehead atoms. The van der Waals surface area contributed by atoms with Gasteiger partial charge in [0.15, 0.2) is 4.75 Å². The monoisotopic (exact) mass is 314 g/mol. The fraction of sp³-hybridized carbons (Fsp3) is 0.364. The molecular formula is C11H14N4O5S. The molecule has 1 aromatic carbocycles. The van der Waals surface area contributed by atoms with Gasteiger partial charge in [0.2, 0.25) is 0 Å². The molecule has 1 saturated heterocycles. The summed E-state index contributed by atoms with van der Waals surface area (Å²) in [5.74, 6) is 4.71. The predicted molar refractivity (Wildman–Crippen MR) is 74.5 cm³/mol. The Balaban J connectivity index is 2.41. The number of nitro groups is 1. The van der Waals surface area contributed by atoms with E-state index in [0.717, 1.165) is 0 Å². The zero-order chi connectivity index (χ0) is 16.0. The first-order chi connectivity index (χ1) is 9.64. The van der Waals surface area contributed by atoms with Gasteiger partial charge in [-0.15, -0.1) is 0 Å². The van der Waals surface area contributed by atoms with Crippen LogP contribution in [0.15, 0.2) is 18.2 Å². The Hall–Kier alpha value is -2.20. The number of carbonyl (C=O) groups is 1. The van der Waals surface area contributed by atoms with Crippen molar-refractivity contribution in [2.24, 2.45) is 5.84 Å². The van der Waals surface area contributed by atoms with Crippen LogP contribution < -0.4 is 11.3 Å². The van der Waals surface area contributed by atoms with Crippen molar-refractivity contribution in [2.45, 2.75) is 25.1 Å². The van der Waals surface area contributed by atoms with Crippen molar-refractivity contribution in [1.29, 1.82) is 0 Å². The van der Waals surface area contributed by atoms with E-state index >= 15 is 0 Å². The van der Waals surface area contributed by atoms with Crippen molar-refractivity contribution >= 4 is 27.3 Å². The van der Waals surface area contributed by atoms with Crippen LogP contribution in [-0.4, -0.2) is 28.3 Å². The number of hydrogen-bond acceptors (Lipinski definition) is 7. The lowest BCUT2D eigenvalue weighted by molar-refractivity contribution is -0.384. The number of rotatable bonds is 4. The standard InChI is InChI=1S/C11H14N4O5S/c1-11(2)10(16)14(21(11,19)20)6-7-4-3-5-8(15(17)18)9(7)13-12/h3-5,13H,6,12H2,1-2H3. The number of nitrogens with zero attached hydrogens (tertiary/aromatic N) is 2. The topological polar surface area (TPSA) is 136 Å². The molecule has 0 saturated carbocycles. The molecule has 9 nitrogen and oxygen atoms in total. The third-order valence-electron chi connectivity index (χ3n) is 3.46. The second-order valence-electron chi connectivity index (χ2n) is 5.04. The maximum atomic E-state index is 12.0. The van der Waals surface area contributed by atoms with E-state index in [2.05, 4.69) is 5.43 Å². The smallest absolute Gasteiger partial charge is 0.293 e. The van der Waals surface area contributed by atoms with Gasteiger partial charge in [-0.05, 0) is 13.8 Å². The van der Waals surface area contributed by atoms with Gasteiger partial charge in [0.25, 0.3) is 21.6 Å². The van der Waals surface area contributed by atoms with Crippen LogP contribution in [0.3, 0.4) is 0 Å². The van der Waals surface area contributed by atoms with Crippen LogP contribution in [0.1, 0.15) is 19.4 Å². The van der Waals surface area contributed by atoms with Gasteiger partial charge in [-0.1, -0.05) is 12.1 Å². The van der Waals surface area contributed by atoms with Crippen LogP contribution in [0.2, 0.25) is 0 Å². The summed E-state index contributed by atoms with van der Waals surface area (Å²) in [5.41, 5.74) is 2.13. The Kier molecular flexibility index (Phi) is 3.38. The molecule has 0 radical (unpaired) electrons. The van der Waals surface area contributed by atoms with Crippen LogP contribution in [0, 0.1) is 10.1 Å². The van der Waals surface area contributed by atoms with Gasteiger partial charge in [-0.25, -0.2) is 12.7 Å². The van der Waals surface area contributed by atoms with E-state index in [9.17, 15) is 23.3 Å². The van der Waals surface area contributed by atoms with Crippen molar-refractivity contribution in [1.82, 2.24) is 4.31 Å². The highest BCUT2D eigenvalue weighted by atomic mass is 32.2. The summed E-state index contributed by atoms with van der Waals surface area (Å²) >= 11 is 0. The number of carbonyl (C=O) groups excluding carboxylic acids is 1. The Bertz CT molecular complexity index is 728. The summed E-state index contributed by atoms with van der Waals surface area (Å²) in [5, 5.41) is 10.9. The van der Waals surface area contributed by atoms with Crippen LogP contribution in [0.25, 0.3) is 0 Å². The molecule has 0 spiro atoms. The van der Waals surface area contributed by atoms with Crippen molar-refractivity contribution in [3.8, 4) is 0 Å². The van der Waals surface area contributed by atoms with Crippen LogP contribution >= 0.6 is 0 Å². The number of hydrogen-bond donors (Lipinski definition) is 2. The van der Waals surface area contributed by atoms with E-state index in [0.29, 0.717) is 4.31 Å². The number of benzene rings is 1. The molecule has 114 valence electrons. The zero-order valence-corrected chi connectivity index (χ0v) is 12.2. The molecule has 3 N–H and O–H groups in total. The molecule has 0 unspecified atom stereocenters. The largest absolute Gasteiger partial charge is 0.318 e. The molecule has 10 heteroatoms. The zero-order valence-electron chi connectivity index (χ0n) is 11.4. The van der Waals surface area contributed by atoms with Gasteiger partial charge in [0.1, 0.15) is 5.69 Å². The van der Waals surface area contributed by atoms with Gasteiger partial charge in [-0.3, -0.25) is 20.8 Å². The quantitative estimate of drug-likeness (QED) is 0.464. The number of sulfonamides is 1. The van der Waals surface area contributed by atoms with E-state index in [1.54, 1.807) is 0 Å². The third kappa shape index (κ3) is 2.03. The molecule has 1 amide bonds. The molecule has 1 fully saturated rings. The fourth-order valence-corrected chi connectivity index (χ4v) is 3.61. The number of para-hydroxylation sites is 1. The van der Waals surface area contributed by atoms with E-state index in [-0.39, 0.29) is 23.5 Å². The van der Waals surface area contributed by atoms with Crippen LogP contribution in [0.4, 0.5) is 11.4 Å². The average Bonchev–Trinajstić information content (AvgIpc) is 2.42. The lowest BCUT2D eigenvalue weighted by Gasteiger charge is -2.43. The summed E-state index contributed by atoms with van der Waals surface area (Å²) in [6, 6.07) is 4.10. The van der Waals surface area contributed by atoms with E-state index in [1.165, 1.54) is 32.0 Å². The number of amides is 1. The number of nitrogen functional groups attached to an aromatic ring is 1. The highest BCUT2D eigenvalue weighted by Crippen LogP contribution is 2.38. The molecule has 21 heavy (non-hydrogen) atoms. The van der Waals surface area contributed by atoms with Crippen molar-refractivity contribution in [3.63, 3.8) is 0 Å². The maximum absolute atomic E-state index is 12.0. The Morgan fingerprint density at radius 1 is 1.43 bits per heavy atom. The molecule has 0 aliphatic carbocycles. The highest BCUT2D eigenvalue weighted by molar-refractivity contribution is 7.94. The normalized spacial score (nSPS) is 19.0. The SMILES string of the molecule is CC1(C)C(=O)N(Cc2cccc([N+](=O)[O-])c2NN)S1(=O)=O. The first-order valence-electron chi connectivity index (χ1n) is 5.94. The minimum Gasteiger partial charge on any atom is -0.318 e. The lowest BCUT2D eigenvalue weighted by Crippen LogP contribution is -2.66. The first kappa shape index (κ1) is 15.2. The van der Waals surface area contributed by atoms with E-state index in [4.69, 9.17) is 5.84 Å². The third-order valence-corrected chi connectivity index (χ3v) is 5.80. The maximum Gasteiger partial charge on any atom is 0.293 e. The van der Waals surface area contributed by atoms with E-state index < -0.39 is 25.6 Å². The fourth-order valence-electron chi connectivity index (χ4n) is 2.10. The van der Waals surface area contributed by atoms with Crippen molar-refractivity contribution in [2.75, 3.05) is 5.43 Å². The Labute approximate surface area is 120 Å². The Morgan fingerprint density at radius 3 is 2.52 bits per heavy atom. The number of hydrazine groups is 1. The molecular weight excluding hydrogens is 300 g/mol. The second-order valence-corrected chi connectivity index (χ2v) is 7.45. The van der Waals surface area contributed by atoms with Crippen molar-refractivity contribution < 1.29 is 18.1 Å². The summed E-state index contributed by atoms with van der Waals surface area (Å²) < 4.78 is 23.3. The molecule has 1 aliphatic rings. The minimum absolute atomic E-state index is 0.0183. The van der Waals surface area contributed by atoms with Gasteiger partial charge < -0.3 is 5.43 Å². The molecule has 1 aromatic rings. The number of nitrogens with one attached hydrogen (secondary N) is 1. The highest BCUT2D eigenvalue weighted by Gasteiger charge is 2.60. The summed E-state index contributed by atoms with van der Waals surface area (Å²) in [6.45, 7) is 2.33. The van der Waals surface area contributed by atoms with Gasteiger partial charge in [-0.2, -0.15) is 0 Å². The van der Waals surface area contributed by atoms with Crippen molar-refractivity contribution in [3.05, 3.63) is 33.9 Å². The molecule has 2 rings (SSSR count). The number of nitro benzene ring substituents is 1. The Morgan fingerprint density at radius 2 is 2.05 bits per heavy atom. The predicted octanol–water partition coefficient (Wildman–Crippen LogP) is 0.331. The average molecular weight is 314 g/mol. The van der Waals surface area contributed by atoms with Crippen LogP contribution in [-0.2, 0) is 21.4 Å². The molecule has 0 aromatic heterocycles. The summed E-state index contributed by atoms with van der Waals surface area (Å²) in [7, 11) is -3.76. The first-order valence-corrected chi connectivity index (χ1v) is 7.38. The van der Waals surface area contributed by atoms with E-state index in [1.807, 2.05) is 0 Å². The molecule has 0 atom stereocenters. The number of nitrogens with two attached hydrogens (primary N) is 1. The minimum atomic E-state index is -3.76. The summed E-state index contributed by atoms with van der Waals surface area (Å²) in [6.07, 6.45) is 0. The molecule has 1 aliphatic heterocycles. The summed E-state index contributed by atoms with van der Waals surface area (Å²) in [4.78, 5) is 22.1. The second kappa shape index (κ2) is 4.67. The lowest BCUT2D eigenvalue weighted by atomic mass is 10.1. The molecule has 1 heterocycles. The van der Waals surface area contributed by atoms with Gasteiger partial charge in [0.05, 0.1) is 11.5 Å². The number of anilines is 1.